The molecular weight excluding hydrogens is 447 g/mol. The smallest absolute Gasteiger partial charge is 0.273 e. The highest BCUT2D eigenvalue weighted by molar-refractivity contribution is 7.22. The Kier molecular flexibility index (Phi) is 6.97. The fourth-order valence-corrected chi connectivity index (χ4v) is 4.78. The molecule has 11 heteroatoms. The molecule has 1 aliphatic heterocycles. The van der Waals surface area contributed by atoms with Crippen LogP contribution >= 0.6 is 11.3 Å². The number of nitrogens with zero attached hydrogens (tertiary/aromatic N) is 4. The normalized spacial score (nSPS) is 16.1. The second-order valence-electron chi connectivity index (χ2n) is 7.91. The molecule has 1 atom stereocenters. The molecule has 1 fully saturated rings. The van der Waals surface area contributed by atoms with Crippen LogP contribution in [-0.4, -0.2) is 46.0 Å². The van der Waals surface area contributed by atoms with Crippen molar-refractivity contribution in [3.8, 4) is 0 Å². The molecule has 2 aromatic heterocycles. The molecule has 2 N–H and O–H groups in total. The second-order valence-corrected chi connectivity index (χ2v) is 8.89. The van der Waals surface area contributed by atoms with E-state index in [0.29, 0.717) is 28.6 Å². The monoisotopic (exact) mass is 472 g/mol. The summed E-state index contributed by atoms with van der Waals surface area (Å²) in [5, 5.41) is 6.24. The molecule has 1 saturated heterocycles. The van der Waals surface area contributed by atoms with Crippen LogP contribution in [0.1, 0.15) is 25.3 Å². The van der Waals surface area contributed by atoms with Crippen molar-refractivity contribution in [2.75, 3.05) is 24.5 Å². The summed E-state index contributed by atoms with van der Waals surface area (Å²) in [6, 6.07) is 5.83. The molecule has 33 heavy (non-hydrogen) atoms. The zero-order valence-corrected chi connectivity index (χ0v) is 19.0. The summed E-state index contributed by atoms with van der Waals surface area (Å²) >= 11 is 1.23. The van der Waals surface area contributed by atoms with Gasteiger partial charge in [0.2, 0.25) is 11.8 Å². The quantitative estimate of drug-likeness (QED) is 0.541. The van der Waals surface area contributed by atoms with Crippen molar-refractivity contribution in [3.63, 3.8) is 0 Å². The molecule has 0 unspecified atom stereocenters. The molecule has 174 valence electrons. The van der Waals surface area contributed by atoms with Crippen LogP contribution in [0.2, 0.25) is 0 Å². The number of anilines is 1. The molecule has 0 bridgehead atoms. The number of fused-ring (bicyclic) bond motifs is 1. The third-order valence-corrected chi connectivity index (χ3v) is 6.60. The number of amides is 2. The summed E-state index contributed by atoms with van der Waals surface area (Å²) in [4.78, 5) is 48.2. The van der Waals surface area contributed by atoms with Crippen LogP contribution in [0.25, 0.3) is 10.3 Å². The van der Waals surface area contributed by atoms with E-state index >= 15 is 0 Å². The standard InChI is InChI=1S/C22H25FN6O3S/c1-2-24-20(31)15-4-3-9-28(11-15)22-27-19-18(33-22)21(32)29(13-26-19)12-17(30)25-10-14-5-7-16(23)8-6-14/h5-8,13,15H,2-4,9-12H2,1H3,(H,24,31)(H,25,30)/t15-/m0/s1. The molecule has 0 radical (unpaired) electrons. The average Bonchev–Trinajstić information content (AvgIpc) is 3.26. The highest BCUT2D eigenvalue weighted by atomic mass is 32.1. The van der Waals surface area contributed by atoms with Gasteiger partial charge < -0.3 is 15.5 Å². The maximum Gasteiger partial charge on any atom is 0.273 e. The number of nitrogens with one attached hydrogen (secondary N) is 2. The maximum absolute atomic E-state index is 13.0. The van der Waals surface area contributed by atoms with Crippen molar-refractivity contribution in [2.24, 2.45) is 5.92 Å². The van der Waals surface area contributed by atoms with Gasteiger partial charge in [0, 0.05) is 26.2 Å². The van der Waals surface area contributed by atoms with Gasteiger partial charge in [-0.15, -0.1) is 0 Å². The van der Waals surface area contributed by atoms with Crippen molar-refractivity contribution in [1.29, 1.82) is 0 Å². The molecule has 4 rings (SSSR count). The van der Waals surface area contributed by atoms with E-state index in [1.54, 1.807) is 12.1 Å². The molecular formula is C22H25FN6O3S. The van der Waals surface area contributed by atoms with Gasteiger partial charge in [0.05, 0.1) is 5.92 Å². The number of carbonyl (C=O) groups excluding carboxylic acids is 2. The van der Waals surface area contributed by atoms with Gasteiger partial charge in [-0.3, -0.25) is 19.0 Å². The van der Waals surface area contributed by atoms with Gasteiger partial charge in [-0.2, -0.15) is 4.98 Å². The third kappa shape index (κ3) is 5.36. The number of halogens is 1. The molecule has 3 heterocycles. The molecule has 3 aromatic rings. The Balaban J connectivity index is 1.44. The number of aromatic nitrogens is 3. The first-order valence-corrected chi connectivity index (χ1v) is 11.7. The average molecular weight is 473 g/mol. The van der Waals surface area contributed by atoms with Gasteiger partial charge in [0.1, 0.15) is 23.4 Å². The van der Waals surface area contributed by atoms with Crippen molar-refractivity contribution in [2.45, 2.75) is 32.9 Å². The molecule has 2 amide bonds. The van der Waals surface area contributed by atoms with Crippen LogP contribution in [0.3, 0.4) is 0 Å². The summed E-state index contributed by atoms with van der Waals surface area (Å²) in [5.41, 5.74) is 0.756. The number of thiazole rings is 1. The SMILES string of the molecule is CCNC(=O)[C@H]1CCCN(c2nc3ncn(CC(=O)NCc4ccc(F)cc4)c(=O)c3s2)C1. The van der Waals surface area contributed by atoms with E-state index in [4.69, 9.17) is 0 Å². The van der Waals surface area contributed by atoms with Gasteiger partial charge in [-0.1, -0.05) is 23.5 Å². The van der Waals surface area contributed by atoms with E-state index in [0.717, 1.165) is 24.9 Å². The second kappa shape index (κ2) is 10.1. The first kappa shape index (κ1) is 22.8. The predicted octanol–water partition coefficient (Wildman–Crippen LogP) is 1.66. The lowest BCUT2D eigenvalue weighted by Gasteiger charge is -2.31. The Morgan fingerprint density at radius 3 is 2.79 bits per heavy atom. The molecule has 1 aliphatic rings. The van der Waals surface area contributed by atoms with Crippen LogP contribution in [0.4, 0.5) is 9.52 Å². The fourth-order valence-electron chi connectivity index (χ4n) is 3.78. The summed E-state index contributed by atoms with van der Waals surface area (Å²) in [6.07, 6.45) is 3.01. The Bertz CT molecular complexity index is 1210. The molecule has 1 aromatic carbocycles. The number of hydrogen-bond acceptors (Lipinski definition) is 7. The topological polar surface area (TPSA) is 109 Å². The lowest BCUT2D eigenvalue weighted by atomic mass is 9.97. The molecule has 0 saturated carbocycles. The fraction of sp³-hybridized carbons (Fsp3) is 0.409. The molecule has 0 spiro atoms. The number of rotatable bonds is 7. The summed E-state index contributed by atoms with van der Waals surface area (Å²) in [7, 11) is 0. The number of carbonyl (C=O) groups is 2. The highest BCUT2D eigenvalue weighted by Crippen LogP contribution is 2.29. The molecule has 0 aliphatic carbocycles. The van der Waals surface area contributed by atoms with E-state index in [2.05, 4.69) is 20.6 Å². The van der Waals surface area contributed by atoms with E-state index in [9.17, 15) is 18.8 Å². The number of piperidine rings is 1. The van der Waals surface area contributed by atoms with E-state index in [-0.39, 0.29) is 42.2 Å². The van der Waals surface area contributed by atoms with Gasteiger partial charge >= 0.3 is 0 Å². The van der Waals surface area contributed by atoms with E-state index in [1.807, 2.05) is 11.8 Å². The van der Waals surface area contributed by atoms with E-state index < -0.39 is 0 Å². The zero-order valence-electron chi connectivity index (χ0n) is 18.2. The van der Waals surface area contributed by atoms with Gasteiger partial charge in [-0.25, -0.2) is 9.37 Å². The Morgan fingerprint density at radius 1 is 1.24 bits per heavy atom. The summed E-state index contributed by atoms with van der Waals surface area (Å²) in [5.74, 6) is -0.770. The van der Waals surface area contributed by atoms with Gasteiger partial charge in [-0.05, 0) is 37.5 Å². The lowest BCUT2D eigenvalue weighted by Crippen LogP contribution is -2.43. The Labute approximate surface area is 193 Å². The van der Waals surface area contributed by atoms with Crippen LogP contribution < -0.4 is 21.1 Å². The summed E-state index contributed by atoms with van der Waals surface area (Å²) in [6.45, 7) is 3.85. The number of benzene rings is 1. The zero-order chi connectivity index (χ0) is 23.4. The highest BCUT2D eigenvalue weighted by Gasteiger charge is 2.27. The minimum atomic E-state index is -0.354. The minimum absolute atomic E-state index is 0.0374. The molecule has 9 nitrogen and oxygen atoms in total. The predicted molar refractivity (Wildman–Crippen MR) is 124 cm³/mol. The van der Waals surface area contributed by atoms with Gasteiger partial charge in [0.25, 0.3) is 5.56 Å². The van der Waals surface area contributed by atoms with E-state index in [1.165, 1.54) is 34.4 Å². The third-order valence-electron chi connectivity index (χ3n) is 5.50. The first-order chi connectivity index (χ1) is 15.9. The largest absolute Gasteiger partial charge is 0.356 e. The van der Waals surface area contributed by atoms with Crippen molar-refractivity contribution >= 4 is 38.6 Å². The van der Waals surface area contributed by atoms with Crippen molar-refractivity contribution in [1.82, 2.24) is 25.2 Å². The Morgan fingerprint density at radius 2 is 2.03 bits per heavy atom. The lowest BCUT2D eigenvalue weighted by molar-refractivity contribution is -0.125. The van der Waals surface area contributed by atoms with Crippen LogP contribution in [0.5, 0.6) is 0 Å². The van der Waals surface area contributed by atoms with Crippen molar-refractivity contribution < 1.29 is 14.0 Å². The summed E-state index contributed by atoms with van der Waals surface area (Å²) < 4.78 is 14.6. The number of hydrogen-bond donors (Lipinski definition) is 2. The first-order valence-electron chi connectivity index (χ1n) is 10.8. The Hall–Kier alpha value is -3.34. The van der Waals surface area contributed by atoms with Gasteiger partial charge in [0.15, 0.2) is 10.8 Å². The minimum Gasteiger partial charge on any atom is -0.356 e. The van der Waals surface area contributed by atoms with Crippen molar-refractivity contribution in [3.05, 3.63) is 52.3 Å². The maximum atomic E-state index is 13.0. The van der Waals surface area contributed by atoms with Crippen LogP contribution in [-0.2, 0) is 22.7 Å². The van der Waals surface area contributed by atoms with Crippen LogP contribution in [0, 0.1) is 11.7 Å². The van der Waals surface area contributed by atoms with Crippen LogP contribution in [0.15, 0.2) is 35.4 Å².